The van der Waals surface area contributed by atoms with Crippen LogP contribution < -0.4 is 5.32 Å². The molecule has 1 amide bonds. The fourth-order valence-corrected chi connectivity index (χ4v) is 4.14. The maximum absolute atomic E-state index is 13.1. The monoisotopic (exact) mass is 335 g/mol. The Balaban J connectivity index is 2.19. The first-order valence-corrected chi connectivity index (χ1v) is 9.64. The van der Waals surface area contributed by atoms with Gasteiger partial charge in [-0.25, -0.2) is 0 Å². The summed E-state index contributed by atoms with van der Waals surface area (Å²) in [4.78, 5) is 13.8. The lowest BCUT2D eigenvalue weighted by atomic mass is 9.67. The molecule has 2 N–H and O–H groups in total. The molecule has 23 heavy (non-hydrogen) atoms. The Hall–Kier alpha value is -1.00. The van der Waals surface area contributed by atoms with Crippen LogP contribution in [-0.4, -0.2) is 10.5 Å². The maximum atomic E-state index is 13.1. The van der Waals surface area contributed by atoms with E-state index in [1.54, 1.807) is 0 Å². The van der Waals surface area contributed by atoms with E-state index in [4.69, 9.17) is 0 Å². The normalized spacial score (nSPS) is 17.2. The van der Waals surface area contributed by atoms with Crippen LogP contribution in [0.15, 0.2) is 29.2 Å². The van der Waals surface area contributed by atoms with Crippen molar-refractivity contribution < 1.29 is 9.35 Å². The molecule has 1 saturated carbocycles. The molecule has 0 bridgehead atoms. The van der Waals surface area contributed by atoms with Gasteiger partial charge < -0.3 is 9.87 Å². The van der Waals surface area contributed by atoms with Crippen LogP contribution in [0.5, 0.6) is 0 Å². The molecular formula is C19H29NO2S. The van der Waals surface area contributed by atoms with Crippen molar-refractivity contribution in [3.05, 3.63) is 24.3 Å². The minimum absolute atomic E-state index is 0.144. The second kappa shape index (κ2) is 8.74. The number of carbonyl (C=O) groups is 1. The van der Waals surface area contributed by atoms with Crippen molar-refractivity contribution in [1.82, 2.24) is 0 Å². The van der Waals surface area contributed by atoms with Crippen molar-refractivity contribution in [2.24, 2.45) is 11.3 Å². The van der Waals surface area contributed by atoms with Crippen molar-refractivity contribution in [2.45, 2.75) is 70.1 Å². The zero-order valence-electron chi connectivity index (χ0n) is 14.3. The number of benzene rings is 1. The number of para-hydroxylation sites is 1. The van der Waals surface area contributed by atoms with Crippen LogP contribution >= 0.6 is 12.0 Å². The second-order valence-corrected chi connectivity index (χ2v) is 7.39. The average molecular weight is 336 g/mol. The fourth-order valence-electron chi connectivity index (χ4n) is 3.79. The highest BCUT2D eigenvalue weighted by molar-refractivity contribution is 7.94. The minimum atomic E-state index is -0.234. The van der Waals surface area contributed by atoms with Gasteiger partial charge in [-0.2, -0.15) is 0 Å². The van der Waals surface area contributed by atoms with Gasteiger partial charge in [0.2, 0.25) is 5.91 Å². The van der Waals surface area contributed by atoms with Crippen molar-refractivity contribution in [3.63, 3.8) is 0 Å². The first-order chi connectivity index (χ1) is 11.1. The number of hydrogen-bond donors (Lipinski definition) is 2. The van der Waals surface area contributed by atoms with E-state index in [0.29, 0.717) is 22.9 Å². The van der Waals surface area contributed by atoms with Crippen LogP contribution in [0, 0.1) is 11.3 Å². The lowest BCUT2D eigenvalue weighted by molar-refractivity contribution is -0.128. The van der Waals surface area contributed by atoms with E-state index < -0.39 is 0 Å². The van der Waals surface area contributed by atoms with Gasteiger partial charge in [0, 0.05) is 17.5 Å². The molecule has 2 rings (SSSR count). The Morgan fingerprint density at radius 1 is 1.22 bits per heavy atom. The predicted molar refractivity (Wildman–Crippen MR) is 97.8 cm³/mol. The van der Waals surface area contributed by atoms with Crippen LogP contribution in [0.25, 0.3) is 0 Å². The van der Waals surface area contributed by atoms with Crippen molar-refractivity contribution in [3.8, 4) is 0 Å². The highest BCUT2D eigenvalue weighted by Gasteiger charge is 2.40. The molecule has 4 heteroatoms. The van der Waals surface area contributed by atoms with Crippen molar-refractivity contribution >= 4 is 23.6 Å². The summed E-state index contributed by atoms with van der Waals surface area (Å²) in [7, 11) is 0. The van der Waals surface area contributed by atoms with Crippen molar-refractivity contribution in [2.75, 3.05) is 5.32 Å². The van der Waals surface area contributed by atoms with Gasteiger partial charge in [0.15, 0.2) is 0 Å². The molecule has 128 valence electrons. The molecule has 3 nitrogen and oxygen atoms in total. The van der Waals surface area contributed by atoms with Gasteiger partial charge in [0.05, 0.1) is 10.6 Å². The molecule has 0 unspecified atom stereocenters. The quantitative estimate of drug-likeness (QED) is 0.604. The highest BCUT2D eigenvalue weighted by Crippen LogP contribution is 2.44. The van der Waals surface area contributed by atoms with E-state index in [9.17, 15) is 9.35 Å². The molecule has 0 spiro atoms. The predicted octanol–water partition coefficient (Wildman–Crippen LogP) is 5.97. The average Bonchev–Trinajstić information content (AvgIpc) is 2.61. The van der Waals surface area contributed by atoms with Gasteiger partial charge in [-0.1, -0.05) is 58.1 Å². The summed E-state index contributed by atoms with van der Waals surface area (Å²) in [5.41, 5.74) is 0.488. The largest absolute Gasteiger partial charge is 0.325 e. The molecule has 1 fully saturated rings. The number of rotatable bonds is 7. The van der Waals surface area contributed by atoms with E-state index >= 15 is 0 Å². The zero-order valence-corrected chi connectivity index (χ0v) is 15.1. The second-order valence-electron chi connectivity index (χ2n) is 6.77. The summed E-state index contributed by atoms with van der Waals surface area (Å²) < 4.78 is 9.39. The van der Waals surface area contributed by atoms with E-state index in [1.807, 2.05) is 24.3 Å². The third-order valence-electron chi connectivity index (χ3n) is 5.36. The van der Waals surface area contributed by atoms with Gasteiger partial charge in [-0.05, 0) is 37.3 Å². The van der Waals surface area contributed by atoms with Gasteiger partial charge in [-0.3, -0.25) is 4.79 Å². The molecule has 1 aromatic rings. The maximum Gasteiger partial charge on any atom is 0.230 e. The number of amides is 1. The molecule has 1 aromatic carbocycles. The molecule has 0 heterocycles. The van der Waals surface area contributed by atoms with Crippen LogP contribution in [0.2, 0.25) is 0 Å². The lowest BCUT2D eigenvalue weighted by Crippen LogP contribution is -2.39. The van der Waals surface area contributed by atoms with Crippen LogP contribution in [0.4, 0.5) is 5.69 Å². The topological polar surface area (TPSA) is 49.3 Å². The summed E-state index contributed by atoms with van der Waals surface area (Å²) in [5.74, 6) is 0.756. The molecular weight excluding hydrogens is 306 g/mol. The van der Waals surface area contributed by atoms with Crippen LogP contribution in [0.3, 0.4) is 0 Å². The standard InChI is InChI=1S/C19H29NO2S/c1-3-15(4-2)14-19(12-8-5-9-13-19)18(21)20-16-10-6-7-11-17(16)23-22/h6-7,10-11,15,22H,3-5,8-9,12-14H2,1-2H3,(H,20,21). The van der Waals surface area contributed by atoms with E-state index in [0.717, 1.165) is 50.6 Å². The molecule has 1 aliphatic rings. The van der Waals surface area contributed by atoms with Crippen LogP contribution in [0.1, 0.15) is 65.2 Å². The summed E-state index contributed by atoms with van der Waals surface area (Å²) in [6.45, 7) is 4.45. The molecule has 0 aromatic heterocycles. The van der Waals surface area contributed by atoms with E-state index in [2.05, 4.69) is 19.2 Å². The molecule has 0 aliphatic heterocycles. The summed E-state index contributed by atoms with van der Waals surface area (Å²) in [6.07, 6.45) is 8.76. The minimum Gasteiger partial charge on any atom is -0.325 e. The number of nitrogens with one attached hydrogen (secondary N) is 1. The van der Waals surface area contributed by atoms with Gasteiger partial charge in [0.1, 0.15) is 0 Å². The Bertz CT molecular complexity index is 508. The van der Waals surface area contributed by atoms with Gasteiger partial charge in [-0.15, -0.1) is 0 Å². The SMILES string of the molecule is CCC(CC)CC1(C(=O)Nc2ccccc2SO)CCCCC1. The summed E-state index contributed by atoms with van der Waals surface area (Å²) >= 11 is 0.691. The first kappa shape index (κ1) is 18.3. The summed E-state index contributed by atoms with van der Waals surface area (Å²) in [5, 5.41) is 3.11. The van der Waals surface area contributed by atoms with Gasteiger partial charge in [0.25, 0.3) is 0 Å². The van der Waals surface area contributed by atoms with E-state index in [1.165, 1.54) is 6.42 Å². The Morgan fingerprint density at radius 2 is 1.87 bits per heavy atom. The highest BCUT2D eigenvalue weighted by atomic mass is 32.2. The molecule has 0 saturated heterocycles. The van der Waals surface area contributed by atoms with Crippen molar-refractivity contribution in [1.29, 1.82) is 0 Å². The Labute approximate surface area is 144 Å². The first-order valence-electron chi connectivity index (χ1n) is 8.87. The lowest BCUT2D eigenvalue weighted by Gasteiger charge is -2.38. The molecule has 0 atom stereocenters. The number of carbonyl (C=O) groups excluding carboxylic acids is 1. The third kappa shape index (κ3) is 4.51. The Morgan fingerprint density at radius 3 is 2.48 bits per heavy atom. The zero-order chi connectivity index (χ0) is 16.7. The molecule has 1 aliphatic carbocycles. The Kier molecular flexibility index (Phi) is 6.97. The smallest absolute Gasteiger partial charge is 0.230 e. The van der Waals surface area contributed by atoms with E-state index in [-0.39, 0.29) is 11.3 Å². The van der Waals surface area contributed by atoms with Crippen LogP contribution in [-0.2, 0) is 4.79 Å². The number of hydrogen-bond acceptors (Lipinski definition) is 3. The fraction of sp³-hybridized carbons (Fsp3) is 0.632. The molecule has 0 radical (unpaired) electrons. The summed E-state index contributed by atoms with van der Waals surface area (Å²) in [6, 6.07) is 7.46. The van der Waals surface area contributed by atoms with Gasteiger partial charge >= 0.3 is 0 Å². The third-order valence-corrected chi connectivity index (χ3v) is 5.91. The number of anilines is 1.